The van der Waals surface area contributed by atoms with Crippen molar-refractivity contribution in [3.63, 3.8) is 0 Å². The molecule has 0 atom stereocenters. The molecule has 0 radical (unpaired) electrons. The summed E-state index contributed by atoms with van der Waals surface area (Å²) >= 11 is 6.19. The van der Waals surface area contributed by atoms with Gasteiger partial charge in [0.25, 0.3) is 15.9 Å². The summed E-state index contributed by atoms with van der Waals surface area (Å²) in [5, 5.41) is 3.18. The Labute approximate surface area is 175 Å². The maximum absolute atomic E-state index is 13.1. The first kappa shape index (κ1) is 21.6. The number of hydrogen-bond acceptors (Lipinski definition) is 3. The number of rotatable bonds is 5. The van der Waals surface area contributed by atoms with Crippen LogP contribution in [0.15, 0.2) is 47.4 Å². The summed E-state index contributed by atoms with van der Waals surface area (Å²) in [6.07, 6.45) is 6.28. The molecular formula is C21H24ClFN2O3S. The quantitative estimate of drug-likeness (QED) is 0.684. The minimum absolute atomic E-state index is 0.0558. The Morgan fingerprint density at radius 3 is 2.31 bits per heavy atom. The number of amides is 1. The molecule has 1 aliphatic carbocycles. The molecular weight excluding hydrogens is 415 g/mol. The number of nitrogens with one attached hydrogen (secondary N) is 1. The van der Waals surface area contributed by atoms with Crippen LogP contribution in [0, 0.1) is 5.82 Å². The highest BCUT2D eigenvalue weighted by Crippen LogP contribution is 2.26. The summed E-state index contributed by atoms with van der Waals surface area (Å²) in [7, 11) is -2.57. The Morgan fingerprint density at radius 1 is 1.07 bits per heavy atom. The van der Waals surface area contributed by atoms with Gasteiger partial charge < -0.3 is 5.32 Å². The average Bonchev–Trinajstić information content (AvgIpc) is 2.96. The molecule has 1 N–H and O–H groups in total. The van der Waals surface area contributed by atoms with E-state index < -0.39 is 15.8 Å². The molecule has 8 heteroatoms. The molecule has 0 heterocycles. The molecule has 1 amide bonds. The number of carbonyl (C=O) groups excluding carboxylic acids is 1. The topological polar surface area (TPSA) is 66.5 Å². The lowest BCUT2D eigenvalue weighted by Gasteiger charge is -2.21. The Morgan fingerprint density at radius 2 is 1.69 bits per heavy atom. The summed E-state index contributed by atoms with van der Waals surface area (Å²) < 4.78 is 40.2. The van der Waals surface area contributed by atoms with Crippen LogP contribution in [0.1, 0.15) is 48.9 Å². The highest BCUT2D eigenvalue weighted by atomic mass is 35.5. The molecule has 5 nitrogen and oxygen atoms in total. The maximum atomic E-state index is 13.1. The molecule has 1 fully saturated rings. The van der Waals surface area contributed by atoms with E-state index in [9.17, 15) is 17.6 Å². The number of nitrogens with zero attached hydrogens (tertiary/aromatic N) is 1. The maximum Gasteiger partial charge on any atom is 0.264 e. The molecule has 156 valence electrons. The first-order valence-electron chi connectivity index (χ1n) is 9.64. The van der Waals surface area contributed by atoms with E-state index in [1.807, 2.05) is 0 Å². The molecule has 29 heavy (non-hydrogen) atoms. The van der Waals surface area contributed by atoms with Crippen LogP contribution in [0.25, 0.3) is 0 Å². The first-order valence-corrected chi connectivity index (χ1v) is 11.5. The van der Waals surface area contributed by atoms with E-state index in [4.69, 9.17) is 11.6 Å². The zero-order valence-corrected chi connectivity index (χ0v) is 17.8. The first-order chi connectivity index (χ1) is 13.8. The van der Waals surface area contributed by atoms with Crippen LogP contribution in [0.2, 0.25) is 5.02 Å². The van der Waals surface area contributed by atoms with Gasteiger partial charge in [0, 0.05) is 13.1 Å². The lowest BCUT2D eigenvalue weighted by Crippen LogP contribution is -2.34. The lowest BCUT2D eigenvalue weighted by molar-refractivity contribution is 0.0933. The van der Waals surface area contributed by atoms with Crippen molar-refractivity contribution >= 4 is 33.2 Å². The van der Waals surface area contributed by atoms with Crippen LogP contribution in [0.4, 0.5) is 10.1 Å². The highest BCUT2D eigenvalue weighted by molar-refractivity contribution is 7.92. The minimum Gasteiger partial charge on any atom is -0.349 e. The van der Waals surface area contributed by atoms with Crippen LogP contribution in [0.5, 0.6) is 0 Å². The minimum atomic E-state index is -3.94. The molecule has 0 spiro atoms. The number of hydrogen-bond donors (Lipinski definition) is 1. The number of sulfonamides is 1. The van der Waals surface area contributed by atoms with E-state index >= 15 is 0 Å². The van der Waals surface area contributed by atoms with Crippen molar-refractivity contribution in [1.82, 2.24) is 5.32 Å². The zero-order valence-electron chi connectivity index (χ0n) is 16.2. The van der Waals surface area contributed by atoms with Gasteiger partial charge in [0.15, 0.2) is 0 Å². The predicted molar refractivity (Wildman–Crippen MR) is 112 cm³/mol. The largest absolute Gasteiger partial charge is 0.349 e. The summed E-state index contributed by atoms with van der Waals surface area (Å²) in [5.74, 6) is -0.827. The van der Waals surface area contributed by atoms with Gasteiger partial charge in [-0.3, -0.25) is 9.10 Å². The fourth-order valence-electron chi connectivity index (χ4n) is 3.47. The SMILES string of the molecule is CN(c1ccc(F)cc1)S(=O)(=O)c1ccc(Cl)c(C(=O)NC2CCCCCC2)c1. The van der Waals surface area contributed by atoms with Crippen molar-refractivity contribution in [3.05, 3.63) is 58.9 Å². The molecule has 2 aromatic rings. The molecule has 0 bridgehead atoms. The van der Waals surface area contributed by atoms with Gasteiger partial charge in [-0.1, -0.05) is 37.3 Å². The molecule has 2 aromatic carbocycles. The molecule has 0 aromatic heterocycles. The van der Waals surface area contributed by atoms with Crippen LogP contribution in [-0.2, 0) is 10.0 Å². The third-order valence-electron chi connectivity index (χ3n) is 5.22. The van der Waals surface area contributed by atoms with Crippen molar-refractivity contribution in [3.8, 4) is 0 Å². The Kier molecular flexibility index (Phi) is 6.80. The Balaban J connectivity index is 1.85. The fraction of sp³-hybridized carbons (Fsp3) is 0.381. The monoisotopic (exact) mass is 438 g/mol. The number of benzene rings is 2. The van der Waals surface area contributed by atoms with Gasteiger partial charge in [0.05, 0.1) is 21.2 Å². The van der Waals surface area contributed by atoms with Gasteiger partial charge in [-0.2, -0.15) is 0 Å². The number of anilines is 1. The summed E-state index contributed by atoms with van der Waals surface area (Å²) in [5.41, 5.74) is 0.440. The van der Waals surface area contributed by atoms with E-state index in [0.29, 0.717) is 5.69 Å². The van der Waals surface area contributed by atoms with Crippen molar-refractivity contribution in [2.24, 2.45) is 0 Å². The van der Waals surface area contributed by atoms with Crippen LogP contribution in [0.3, 0.4) is 0 Å². The van der Waals surface area contributed by atoms with Crippen LogP contribution < -0.4 is 9.62 Å². The normalized spacial score (nSPS) is 15.6. The zero-order chi connectivity index (χ0) is 21.0. The van der Waals surface area contributed by atoms with Gasteiger partial charge in [-0.05, 0) is 55.3 Å². The smallest absolute Gasteiger partial charge is 0.264 e. The summed E-state index contributed by atoms with van der Waals surface area (Å²) in [6, 6.07) is 9.27. The third kappa shape index (κ3) is 5.08. The van der Waals surface area contributed by atoms with E-state index in [0.717, 1.165) is 42.8 Å². The Bertz CT molecular complexity index is 972. The highest BCUT2D eigenvalue weighted by Gasteiger charge is 2.25. The predicted octanol–water partition coefficient (Wildman–Crippen LogP) is 4.76. The van der Waals surface area contributed by atoms with Crippen molar-refractivity contribution in [1.29, 1.82) is 0 Å². The van der Waals surface area contributed by atoms with E-state index in [1.165, 1.54) is 49.5 Å². The van der Waals surface area contributed by atoms with Gasteiger partial charge in [-0.25, -0.2) is 12.8 Å². The number of carbonyl (C=O) groups is 1. The van der Waals surface area contributed by atoms with Crippen molar-refractivity contribution in [2.75, 3.05) is 11.4 Å². The second-order valence-corrected chi connectivity index (χ2v) is 9.63. The lowest BCUT2D eigenvalue weighted by atomic mass is 10.1. The van der Waals surface area contributed by atoms with Gasteiger partial charge in [-0.15, -0.1) is 0 Å². The summed E-state index contributed by atoms with van der Waals surface area (Å²) in [6.45, 7) is 0. The molecule has 3 rings (SSSR count). The standard InChI is InChI=1S/C21H24ClFN2O3S/c1-25(17-10-8-15(23)9-11-17)29(27,28)18-12-13-20(22)19(14-18)21(26)24-16-6-4-2-3-5-7-16/h8-14,16H,2-7H2,1H3,(H,24,26). The van der Waals surface area contributed by atoms with Crippen LogP contribution in [-0.4, -0.2) is 27.4 Å². The molecule has 1 saturated carbocycles. The van der Waals surface area contributed by atoms with Gasteiger partial charge >= 0.3 is 0 Å². The second-order valence-electron chi connectivity index (χ2n) is 7.25. The third-order valence-corrected chi connectivity index (χ3v) is 7.33. The molecule has 0 saturated heterocycles. The Hall–Kier alpha value is -2.12. The van der Waals surface area contributed by atoms with Crippen molar-refractivity contribution in [2.45, 2.75) is 49.5 Å². The van der Waals surface area contributed by atoms with Crippen LogP contribution >= 0.6 is 11.6 Å². The molecule has 1 aliphatic rings. The van der Waals surface area contributed by atoms with E-state index in [1.54, 1.807) is 0 Å². The molecule has 0 aliphatic heterocycles. The summed E-state index contributed by atoms with van der Waals surface area (Å²) in [4.78, 5) is 12.7. The van der Waals surface area contributed by atoms with Gasteiger partial charge in [0.1, 0.15) is 5.82 Å². The molecule has 0 unspecified atom stereocenters. The van der Waals surface area contributed by atoms with E-state index in [-0.39, 0.29) is 27.4 Å². The fourth-order valence-corrected chi connectivity index (χ4v) is 4.90. The number of halogens is 2. The second kappa shape index (κ2) is 9.13. The average molecular weight is 439 g/mol. The van der Waals surface area contributed by atoms with E-state index in [2.05, 4.69) is 5.32 Å². The van der Waals surface area contributed by atoms with Gasteiger partial charge in [0.2, 0.25) is 0 Å². The van der Waals surface area contributed by atoms with Crippen molar-refractivity contribution < 1.29 is 17.6 Å².